The van der Waals surface area contributed by atoms with Crippen LogP contribution in [0.2, 0.25) is 0 Å². The Hall–Kier alpha value is -3.44. The number of amides is 2. The summed E-state index contributed by atoms with van der Waals surface area (Å²) in [6, 6.07) is 12.8. The van der Waals surface area contributed by atoms with Gasteiger partial charge in [-0.1, -0.05) is 53.7 Å². The predicted octanol–water partition coefficient (Wildman–Crippen LogP) is 5.11. The van der Waals surface area contributed by atoms with Crippen molar-refractivity contribution in [2.75, 3.05) is 16.4 Å². The molecule has 0 bridgehead atoms. The van der Waals surface area contributed by atoms with Gasteiger partial charge < -0.3 is 14.3 Å². The number of anilines is 2. The van der Waals surface area contributed by atoms with Crippen LogP contribution in [0.25, 0.3) is 11.5 Å². The highest BCUT2D eigenvalue weighted by atomic mass is 32.2. The lowest BCUT2D eigenvalue weighted by Crippen LogP contribution is -2.13. The summed E-state index contributed by atoms with van der Waals surface area (Å²) in [7, 11) is 0. The monoisotopic (exact) mass is 483 g/mol. The fourth-order valence-electron chi connectivity index (χ4n) is 2.86. The van der Waals surface area contributed by atoms with Crippen molar-refractivity contribution < 1.29 is 18.5 Å². The van der Waals surface area contributed by atoms with Gasteiger partial charge in [-0.15, -0.1) is 10.2 Å². The van der Waals surface area contributed by atoms with E-state index >= 15 is 0 Å². The van der Waals surface area contributed by atoms with Crippen LogP contribution in [0.15, 0.2) is 62.0 Å². The van der Waals surface area contributed by atoms with Gasteiger partial charge in [0.25, 0.3) is 5.91 Å². The number of hydrogen-bond donors (Lipinski definition) is 2. The van der Waals surface area contributed by atoms with E-state index in [1.54, 1.807) is 12.1 Å². The van der Waals surface area contributed by atoms with Crippen molar-refractivity contribution in [1.82, 2.24) is 15.4 Å². The molecule has 0 atom stereocenters. The molecule has 3 heterocycles. The number of carbonyl (C=O) groups excluding carboxylic acids is 2. The van der Waals surface area contributed by atoms with Gasteiger partial charge in [0, 0.05) is 11.8 Å². The highest BCUT2D eigenvalue weighted by Crippen LogP contribution is 2.26. The molecule has 1 aromatic carbocycles. The Bertz CT molecular complexity index is 1200. The van der Waals surface area contributed by atoms with Gasteiger partial charge in [0.2, 0.25) is 16.8 Å². The van der Waals surface area contributed by atoms with Crippen molar-refractivity contribution in [2.24, 2.45) is 0 Å². The van der Waals surface area contributed by atoms with Gasteiger partial charge in [-0.25, -0.2) is 0 Å². The van der Waals surface area contributed by atoms with Gasteiger partial charge in [-0.05, 0) is 42.7 Å². The Morgan fingerprint density at radius 1 is 1.09 bits per heavy atom. The lowest BCUT2D eigenvalue weighted by atomic mass is 10.1. The van der Waals surface area contributed by atoms with Crippen LogP contribution in [0.5, 0.6) is 0 Å². The zero-order chi connectivity index (χ0) is 23.0. The summed E-state index contributed by atoms with van der Waals surface area (Å²) in [5.74, 6) is 0.373. The van der Waals surface area contributed by atoms with E-state index < -0.39 is 5.91 Å². The number of unbranched alkanes of at least 4 members (excludes halogenated alkanes) is 1. The van der Waals surface area contributed by atoms with Gasteiger partial charge in [0.15, 0.2) is 15.8 Å². The molecule has 0 saturated heterocycles. The topological polar surface area (TPSA) is 123 Å². The molecule has 33 heavy (non-hydrogen) atoms. The van der Waals surface area contributed by atoms with Crippen LogP contribution >= 0.6 is 23.1 Å². The number of carbonyl (C=O) groups is 2. The molecular formula is C22H21N5O4S2. The molecule has 11 heteroatoms. The van der Waals surface area contributed by atoms with Crippen molar-refractivity contribution in [3.63, 3.8) is 0 Å². The Morgan fingerprint density at radius 2 is 1.94 bits per heavy atom. The SMILES string of the molecule is CCCCc1ccc(NC(=O)CSc2nnc(NC(=O)c3cc(-c4ccco4)on3)s2)cc1. The Kier molecular flexibility index (Phi) is 7.53. The van der Waals surface area contributed by atoms with Crippen molar-refractivity contribution >= 4 is 45.7 Å². The van der Waals surface area contributed by atoms with Crippen LogP contribution in [-0.2, 0) is 11.2 Å². The second-order valence-electron chi connectivity index (χ2n) is 7.02. The number of aryl methyl sites for hydroxylation is 1. The summed E-state index contributed by atoms with van der Waals surface area (Å²) in [5.41, 5.74) is 2.11. The van der Waals surface area contributed by atoms with Crippen LogP contribution in [0.1, 0.15) is 35.8 Å². The van der Waals surface area contributed by atoms with Gasteiger partial charge in [0.05, 0.1) is 12.0 Å². The fourth-order valence-corrected chi connectivity index (χ4v) is 4.40. The van der Waals surface area contributed by atoms with Gasteiger partial charge in [-0.3, -0.25) is 14.9 Å². The van der Waals surface area contributed by atoms with Crippen LogP contribution < -0.4 is 10.6 Å². The van der Waals surface area contributed by atoms with E-state index in [2.05, 4.69) is 32.9 Å². The Labute approximate surface area is 198 Å². The molecule has 0 spiro atoms. The van der Waals surface area contributed by atoms with Gasteiger partial charge >= 0.3 is 0 Å². The maximum Gasteiger partial charge on any atom is 0.279 e. The van der Waals surface area contributed by atoms with Crippen molar-refractivity contribution in [3.8, 4) is 11.5 Å². The number of hydrogen-bond acceptors (Lipinski definition) is 9. The average Bonchev–Trinajstić information content (AvgIpc) is 3.59. The highest BCUT2D eigenvalue weighted by Gasteiger charge is 2.17. The second kappa shape index (κ2) is 10.9. The number of furan rings is 1. The minimum Gasteiger partial charge on any atom is -0.461 e. The third-order valence-electron chi connectivity index (χ3n) is 4.52. The second-order valence-corrected chi connectivity index (χ2v) is 9.22. The van der Waals surface area contributed by atoms with Crippen molar-refractivity contribution in [1.29, 1.82) is 0 Å². The van der Waals surface area contributed by atoms with Crippen LogP contribution in [0, 0.1) is 0 Å². The van der Waals surface area contributed by atoms with Crippen LogP contribution in [0.3, 0.4) is 0 Å². The molecule has 0 unspecified atom stereocenters. The minimum atomic E-state index is -0.482. The number of thioether (sulfide) groups is 1. The zero-order valence-electron chi connectivity index (χ0n) is 17.7. The first-order chi connectivity index (χ1) is 16.1. The third kappa shape index (κ3) is 6.30. The molecule has 0 aliphatic heterocycles. The molecule has 0 saturated carbocycles. The number of rotatable bonds is 10. The molecule has 2 N–H and O–H groups in total. The van der Waals surface area contributed by atoms with Crippen molar-refractivity contribution in [2.45, 2.75) is 30.5 Å². The largest absolute Gasteiger partial charge is 0.461 e. The quantitative estimate of drug-likeness (QED) is 0.236. The molecule has 0 radical (unpaired) electrons. The summed E-state index contributed by atoms with van der Waals surface area (Å²) in [6.07, 6.45) is 4.84. The molecular weight excluding hydrogens is 462 g/mol. The molecule has 0 aliphatic carbocycles. The predicted molar refractivity (Wildman–Crippen MR) is 126 cm³/mol. The molecule has 0 aliphatic rings. The average molecular weight is 484 g/mol. The highest BCUT2D eigenvalue weighted by molar-refractivity contribution is 8.01. The summed E-state index contributed by atoms with van der Waals surface area (Å²) < 4.78 is 10.9. The third-order valence-corrected chi connectivity index (χ3v) is 6.49. The molecule has 2 amide bonds. The molecule has 9 nitrogen and oxygen atoms in total. The van der Waals surface area contributed by atoms with E-state index in [0.717, 1.165) is 24.9 Å². The summed E-state index contributed by atoms with van der Waals surface area (Å²) >= 11 is 2.41. The fraction of sp³-hybridized carbons (Fsp3) is 0.227. The molecule has 4 aromatic rings. The maximum atomic E-state index is 12.4. The zero-order valence-corrected chi connectivity index (χ0v) is 19.4. The number of benzene rings is 1. The first-order valence-electron chi connectivity index (χ1n) is 10.3. The van der Waals surface area contributed by atoms with E-state index in [1.807, 2.05) is 24.3 Å². The number of nitrogens with one attached hydrogen (secondary N) is 2. The summed E-state index contributed by atoms with van der Waals surface area (Å²) in [5, 5.41) is 17.5. The molecule has 4 rings (SSSR count). The van der Waals surface area contributed by atoms with E-state index in [4.69, 9.17) is 8.94 Å². The Balaban J connectivity index is 1.25. The summed E-state index contributed by atoms with van der Waals surface area (Å²) in [4.78, 5) is 24.6. The first-order valence-corrected chi connectivity index (χ1v) is 12.1. The molecule has 3 aromatic heterocycles. The van der Waals surface area contributed by atoms with E-state index in [-0.39, 0.29) is 17.4 Å². The van der Waals surface area contributed by atoms with Crippen LogP contribution in [0.4, 0.5) is 10.8 Å². The summed E-state index contributed by atoms with van der Waals surface area (Å²) in [6.45, 7) is 2.16. The smallest absolute Gasteiger partial charge is 0.279 e. The normalized spacial score (nSPS) is 10.8. The van der Waals surface area contributed by atoms with E-state index in [1.165, 1.54) is 41.0 Å². The minimum absolute atomic E-state index is 0.0888. The van der Waals surface area contributed by atoms with Gasteiger partial charge in [-0.2, -0.15) is 0 Å². The van der Waals surface area contributed by atoms with Crippen molar-refractivity contribution in [3.05, 3.63) is 60.0 Å². The van der Waals surface area contributed by atoms with Gasteiger partial charge in [0.1, 0.15) is 0 Å². The number of aromatic nitrogens is 3. The maximum absolute atomic E-state index is 12.4. The lowest BCUT2D eigenvalue weighted by molar-refractivity contribution is -0.113. The standard InChI is InChI=1S/C22H21N5O4S2/c1-2-3-5-14-7-9-15(10-8-14)23-19(28)13-32-22-26-25-21(33-22)24-20(29)16-12-18(31-27-16)17-6-4-11-30-17/h4,6-12H,2-3,5,13H2,1H3,(H,23,28)(H,24,25,29). The molecule has 0 fully saturated rings. The first kappa shape index (κ1) is 22.7. The lowest BCUT2D eigenvalue weighted by Gasteiger charge is -2.05. The Morgan fingerprint density at radius 3 is 2.70 bits per heavy atom. The van der Waals surface area contributed by atoms with E-state index in [0.29, 0.717) is 21.0 Å². The number of nitrogens with zero attached hydrogens (tertiary/aromatic N) is 3. The van der Waals surface area contributed by atoms with E-state index in [9.17, 15) is 9.59 Å². The molecule has 170 valence electrons. The van der Waals surface area contributed by atoms with Crippen LogP contribution in [-0.4, -0.2) is 32.9 Å².